The predicted octanol–water partition coefficient (Wildman–Crippen LogP) is 3.79. The van der Waals surface area contributed by atoms with Gasteiger partial charge in [-0.2, -0.15) is 0 Å². The highest BCUT2D eigenvalue weighted by atomic mass is 35.5. The number of nitrogens with two attached hydrogens (primary N) is 1. The van der Waals surface area contributed by atoms with Gasteiger partial charge in [0.2, 0.25) is 0 Å². The topological polar surface area (TPSA) is 55.6 Å². The zero-order chi connectivity index (χ0) is 16.9. The Bertz CT molecular complexity index is 695. The van der Waals surface area contributed by atoms with Crippen molar-refractivity contribution in [3.8, 4) is 5.75 Å². The molecule has 1 aliphatic rings. The van der Waals surface area contributed by atoms with Crippen molar-refractivity contribution in [2.75, 3.05) is 25.9 Å². The fraction of sp³-hybridized carbons (Fsp3) is 0.350. The van der Waals surface area contributed by atoms with Gasteiger partial charge in [-0.1, -0.05) is 18.2 Å². The molecule has 1 fully saturated rings. The second-order valence-electron chi connectivity index (χ2n) is 6.41. The van der Waals surface area contributed by atoms with Gasteiger partial charge in [0.1, 0.15) is 5.75 Å². The van der Waals surface area contributed by atoms with Gasteiger partial charge >= 0.3 is 0 Å². The normalized spacial score (nSPS) is 14.7. The summed E-state index contributed by atoms with van der Waals surface area (Å²) in [4.78, 5) is 14.5. The van der Waals surface area contributed by atoms with Crippen molar-refractivity contribution >= 4 is 24.0 Å². The van der Waals surface area contributed by atoms with Gasteiger partial charge in [0.15, 0.2) is 0 Å². The van der Waals surface area contributed by atoms with Crippen LogP contribution in [0.15, 0.2) is 48.5 Å². The van der Waals surface area contributed by atoms with Crippen molar-refractivity contribution in [3.63, 3.8) is 0 Å². The number of piperidine rings is 1. The molecular formula is C20H25ClN2O2. The lowest BCUT2D eigenvalue weighted by atomic mass is 9.90. The number of rotatable bonds is 4. The molecule has 2 aromatic rings. The number of nitrogen functional groups attached to an aromatic ring is 1. The molecule has 0 spiro atoms. The number of nitrogens with zero attached hydrogens (tertiary/aromatic N) is 1. The molecule has 25 heavy (non-hydrogen) atoms. The van der Waals surface area contributed by atoms with E-state index >= 15 is 0 Å². The van der Waals surface area contributed by atoms with Crippen LogP contribution in [-0.4, -0.2) is 31.0 Å². The first-order valence-electron chi connectivity index (χ1n) is 8.43. The van der Waals surface area contributed by atoms with Crippen LogP contribution in [0.1, 0.15) is 28.8 Å². The highest BCUT2D eigenvalue weighted by Gasteiger charge is 2.23. The number of hydrogen-bond acceptors (Lipinski definition) is 3. The molecule has 3 rings (SSSR count). The Labute approximate surface area is 155 Å². The SMILES string of the molecule is COc1ccc(CC2CCN(C(=O)c3cccc(N)c3)CC2)cc1.Cl. The maximum absolute atomic E-state index is 12.5. The Balaban J connectivity index is 0.00000225. The van der Waals surface area contributed by atoms with E-state index in [1.807, 2.05) is 29.2 Å². The molecule has 134 valence electrons. The van der Waals surface area contributed by atoms with Crippen LogP contribution < -0.4 is 10.5 Å². The Hall–Kier alpha value is -2.20. The molecule has 1 aliphatic heterocycles. The Morgan fingerprint density at radius 1 is 1.16 bits per heavy atom. The summed E-state index contributed by atoms with van der Waals surface area (Å²) in [6.07, 6.45) is 3.14. The van der Waals surface area contributed by atoms with Gasteiger partial charge in [0, 0.05) is 24.3 Å². The monoisotopic (exact) mass is 360 g/mol. The van der Waals surface area contributed by atoms with E-state index in [2.05, 4.69) is 12.1 Å². The van der Waals surface area contributed by atoms with E-state index in [1.54, 1.807) is 19.2 Å². The zero-order valence-corrected chi connectivity index (χ0v) is 15.3. The fourth-order valence-electron chi connectivity index (χ4n) is 3.29. The van der Waals surface area contributed by atoms with Gasteiger partial charge in [-0.05, 0) is 61.1 Å². The molecule has 1 saturated heterocycles. The van der Waals surface area contributed by atoms with E-state index in [0.29, 0.717) is 17.2 Å². The van der Waals surface area contributed by atoms with Crippen molar-refractivity contribution in [2.45, 2.75) is 19.3 Å². The van der Waals surface area contributed by atoms with Crippen molar-refractivity contribution in [2.24, 2.45) is 5.92 Å². The quantitative estimate of drug-likeness (QED) is 0.844. The molecule has 2 N–H and O–H groups in total. The highest BCUT2D eigenvalue weighted by Crippen LogP contribution is 2.24. The second kappa shape index (κ2) is 8.77. The Morgan fingerprint density at radius 3 is 2.44 bits per heavy atom. The largest absolute Gasteiger partial charge is 0.497 e. The van der Waals surface area contributed by atoms with Crippen molar-refractivity contribution in [1.29, 1.82) is 0 Å². The summed E-state index contributed by atoms with van der Waals surface area (Å²) in [7, 11) is 1.68. The number of anilines is 1. The first-order valence-corrected chi connectivity index (χ1v) is 8.43. The Morgan fingerprint density at radius 2 is 1.84 bits per heavy atom. The Kier molecular flexibility index (Phi) is 6.71. The molecule has 4 nitrogen and oxygen atoms in total. The molecule has 0 radical (unpaired) electrons. The lowest BCUT2D eigenvalue weighted by molar-refractivity contribution is 0.0690. The second-order valence-corrected chi connectivity index (χ2v) is 6.41. The van der Waals surface area contributed by atoms with Crippen LogP contribution in [0.5, 0.6) is 5.75 Å². The average Bonchev–Trinajstić information content (AvgIpc) is 2.62. The third-order valence-corrected chi connectivity index (χ3v) is 4.72. The first-order chi connectivity index (χ1) is 11.7. The number of likely N-dealkylation sites (tertiary alicyclic amines) is 1. The van der Waals surface area contributed by atoms with E-state index in [1.165, 1.54) is 5.56 Å². The van der Waals surface area contributed by atoms with Crippen LogP contribution in [0.3, 0.4) is 0 Å². The van der Waals surface area contributed by atoms with Crippen LogP contribution in [0.2, 0.25) is 0 Å². The van der Waals surface area contributed by atoms with Gasteiger partial charge in [-0.25, -0.2) is 0 Å². The summed E-state index contributed by atoms with van der Waals surface area (Å²) in [5.41, 5.74) is 8.42. The number of carbonyl (C=O) groups is 1. The van der Waals surface area contributed by atoms with Crippen LogP contribution >= 0.6 is 12.4 Å². The molecule has 0 unspecified atom stereocenters. The molecule has 0 aromatic heterocycles. The van der Waals surface area contributed by atoms with Gasteiger partial charge in [0.05, 0.1) is 7.11 Å². The van der Waals surface area contributed by atoms with E-state index in [4.69, 9.17) is 10.5 Å². The minimum atomic E-state index is 0. The summed E-state index contributed by atoms with van der Waals surface area (Å²) < 4.78 is 5.20. The number of hydrogen-bond donors (Lipinski definition) is 1. The summed E-state index contributed by atoms with van der Waals surface area (Å²) in [6, 6.07) is 15.5. The molecule has 1 heterocycles. The lowest BCUT2D eigenvalue weighted by Crippen LogP contribution is -2.38. The van der Waals surface area contributed by atoms with Crippen LogP contribution in [-0.2, 0) is 6.42 Å². The summed E-state index contributed by atoms with van der Waals surface area (Å²) in [6.45, 7) is 1.63. The minimum Gasteiger partial charge on any atom is -0.497 e. The number of amides is 1. The van der Waals surface area contributed by atoms with Gasteiger partial charge in [-0.15, -0.1) is 12.4 Å². The molecule has 2 aromatic carbocycles. The fourth-order valence-corrected chi connectivity index (χ4v) is 3.29. The van der Waals surface area contributed by atoms with Crippen LogP contribution in [0.25, 0.3) is 0 Å². The summed E-state index contributed by atoms with van der Waals surface area (Å²) in [5, 5.41) is 0. The van der Waals surface area contributed by atoms with Gasteiger partial charge in [-0.3, -0.25) is 4.79 Å². The number of halogens is 1. The summed E-state index contributed by atoms with van der Waals surface area (Å²) in [5.74, 6) is 1.61. The molecule has 5 heteroatoms. The number of carbonyl (C=O) groups excluding carboxylic acids is 1. The first kappa shape index (κ1) is 19.1. The molecule has 0 aliphatic carbocycles. The van der Waals surface area contributed by atoms with Crippen molar-refractivity contribution in [3.05, 3.63) is 59.7 Å². The van der Waals surface area contributed by atoms with Crippen LogP contribution in [0, 0.1) is 5.92 Å². The third-order valence-electron chi connectivity index (χ3n) is 4.72. The van der Waals surface area contributed by atoms with Crippen molar-refractivity contribution in [1.82, 2.24) is 4.90 Å². The highest BCUT2D eigenvalue weighted by molar-refractivity contribution is 5.95. The number of benzene rings is 2. The minimum absolute atomic E-state index is 0. The van der Waals surface area contributed by atoms with Crippen molar-refractivity contribution < 1.29 is 9.53 Å². The van der Waals surface area contributed by atoms with E-state index < -0.39 is 0 Å². The molecular weight excluding hydrogens is 336 g/mol. The van der Waals surface area contributed by atoms with E-state index in [9.17, 15) is 4.79 Å². The number of methoxy groups -OCH3 is 1. The zero-order valence-electron chi connectivity index (χ0n) is 14.5. The molecule has 0 atom stereocenters. The van der Waals surface area contributed by atoms with Gasteiger partial charge < -0.3 is 15.4 Å². The molecule has 0 bridgehead atoms. The third kappa shape index (κ3) is 4.89. The molecule has 1 amide bonds. The maximum atomic E-state index is 12.5. The predicted molar refractivity (Wildman–Crippen MR) is 103 cm³/mol. The van der Waals surface area contributed by atoms with Gasteiger partial charge in [0.25, 0.3) is 5.91 Å². The number of ether oxygens (including phenoxy) is 1. The maximum Gasteiger partial charge on any atom is 0.253 e. The summed E-state index contributed by atoms with van der Waals surface area (Å²) >= 11 is 0. The van der Waals surface area contributed by atoms with E-state index in [-0.39, 0.29) is 18.3 Å². The average molecular weight is 361 g/mol. The molecule has 0 saturated carbocycles. The van der Waals surface area contributed by atoms with Crippen LogP contribution in [0.4, 0.5) is 5.69 Å². The standard InChI is InChI=1S/C20H24N2O2.ClH/c1-24-19-7-5-15(6-8-19)13-16-9-11-22(12-10-16)20(23)17-3-2-4-18(21)14-17;/h2-8,14,16H,9-13,21H2,1H3;1H. The lowest BCUT2D eigenvalue weighted by Gasteiger charge is -2.32. The van der Waals surface area contributed by atoms with E-state index in [0.717, 1.165) is 38.1 Å². The smallest absolute Gasteiger partial charge is 0.253 e.